The number of benzene rings is 1. The van der Waals surface area contributed by atoms with E-state index >= 15 is 0 Å². The largest absolute Gasteiger partial charge is 0.486 e. The van der Waals surface area contributed by atoms with Crippen molar-refractivity contribution in [1.82, 2.24) is 15.1 Å². The number of nitrogens with one attached hydrogen (secondary N) is 1. The molecule has 8 heteroatoms. The number of rotatable bonds is 6. The fourth-order valence-corrected chi connectivity index (χ4v) is 3.97. The average Bonchev–Trinajstić information content (AvgIpc) is 3.27. The van der Waals surface area contributed by atoms with Crippen LogP contribution in [-0.4, -0.2) is 47.9 Å². The molecule has 1 N–H and O–H groups in total. The average molecular weight is 412 g/mol. The maximum Gasteiger partial charge on any atom is 0.227 e. The SMILES string of the molecule is Cc1cc(C)n(CC(C)CNC(=O)C2CC(=O)N(c3ccc4c(c3)OCCO4)C2)n1. The van der Waals surface area contributed by atoms with Crippen molar-refractivity contribution in [3.63, 3.8) is 0 Å². The van der Waals surface area contributed by atoms with E-state index in [0.717, 1.165) is 23.6 Å². The minimum absolute atomic E-state index is 0.0532. The molecule has 30 heavy (non-hydrogen) atoms. The van der Waals surface area contributed by atoms with Crippen LogP contribution >= 0.6 is 0 Å². The molecule has 1 aromatic carbocycles. The first-order valence-corrected chi connectivity index (χ1v) is 10.4. The zero-order valence-electron chi connectivity index (χ0n) is 17.7. The third kappa shape index (κ3) is 4.27. The van der Waals surface area contributed by atoms with Gasteiger partial charge in [-0.1, -0.05) is 6.92 Å². The molecule has 1 saturated heterocycles. The fourth-order valence-electron chi connectivity index (χ4n) is 3.97. The van der Waals surface area contributed by atoms with Crippen LogP contribution in [0.15, 0.2) is 24.3 Å². The molecule has 2 aromatic rings. The third-order valence-electron chi connectivity index (χ3n) is 5.55. The lowest BCUT2D eigenvalue weighted by molar-refractivity contribution is -0.126. The maximum atomic E-state index is 12.7. The first kappa shape index (κ1) is 20.3. The molecule has 2 unspecified atom stereocenters. The number of carbonyl (C=O) groups excluding carboxylic acids is 2. The normalized spacial score (nSPS) is 19.1. The molecule has 2 aliphatic heterocycles. The van der Waals surface area contributed by atoms with E-state index in [0.29, 0.717) is 37.8 Å². The quantitative estimate of drug-likeness (QED) is 0.785. The number of hydrogen-bond donors (Lipinski definition) is 1. The molecule has 0 saturated carbocycles. The van der Waals surface area contributed by atoms with Gasteiger partial charge in [-0.05, 0) is 38.0 Å². The summed E-state index contributed by atoms with van der Waals surface area (Å²) in [6, 6.07) is 7.50. The summed E-state index contributed by atoms with van der Waals surface area (Å²) in [6.07, 6.45) is 0.214. The van der Waals surface area contributed by atoms with Crippen molar-refractivity contribution >= 4 is 17.5 Å². The summed E-state index contributed by atoms with van der Waals surface area (Å²) >= 11 is 0. The zero-order chi connectivity index (χ0) is 21.3. The van der Waals surface area contributed by atoms with Gasteiger partial charge in [-0.2, -0.15) is 5.10 Å². The van der Waals surface area contributed by atoms with Crippen LogP contribution < -0.4 is 19.7 Å². The Morgan fingerprint density at radius 3 is 2.73 bits per heavy atom. The van der Waals surface area contributed by atoms with Crippen LogP contribution in [0, 0.1) is 25.7 Å². The topological polar surface area (TPSA) is 85.7 Å². The van der Waals surface area contributed by atoms with E-state index in [4.69, 9.17) is 9.47 Å². The van der Waals surface area contributed by atoms with Gasteiger partial charge in [-0.15, -0.1) is 0 Å². The molecular formula is C22H28N4O4. The Morgan fingerprint density at radius 2 is 2.00 bits per heavy atom. The highest BCUT2D eigenvalue weighted by atomic mass is 16.6. The van der Waals surface area contributed by atoms with E-state index in [-0.39, 0.29) is 30.1 Å². The van der Waals surface area contributed by atoms with Gasteiger partial charge in [0.1, 0.15) is 13.2 Å². The third-order valence-corrected chi connectivity index (χ3v) is 5.55. The molecule has 0 radical (unpaired) electrons. The fraction of sp³-hybridized carbons (Fsp3) is 0.500. The number of fused-ring (bicyclic) bond motifs is 1. The van der Waals surface area contributed by atoms with Gasteiger partial charge < -0.3 is 19.7 Å². The van der Waals surface area contributed by atoms with Crippen LogP contribution in [0.25, 0.3) is 0 Å². The van der Waals surface area contributed by atoms with Crippen molar-refractivity contribution < 1.29 is 19.1 Å². The van der Waals surface area contributed by atoms with Gasteiger partial charge in [-0.25, -0.2) is 0 Å². The minimum atomic E-state index is -0.355. The predicted octanol–water partition coefficient (Wildman–Crippen LogP) is 2.08. The molecule has 2 amide bonds. The smallest absolute Gasteiger partial charge is 0.227 e. The Hall–Kier alpha value is -3.03. The molecule has 0 aliphatic carbocycles. The number of nitrogens with zero attached hydrogens (tertiary/aromatic N) is 3. The highest BCUT2D eigenvalue weighted by molar-refractivity contribution is 6.00. The first-order chi connectivity index (χ1) is 14.4. The highest BCUT2D eigenvalue weighted by Gasteiger charge is 2.35. The first-order valence-electron chi connectivity index (χ1n) is 10.4. The van der Waals surface area contributed by atoms with Gasteiger partial charge in [0.25, 0.3) is 0 Å². The summed E-state index contributed by atoms with van der Waals surface area (Å²) in [5, 5.41) is 7.48. The molecule has 1 fully saturated rings. The van der Waals surface area contributed by atoms with Crippen LogP contribution in [0.1, 0.15) is 24.7 Å². The molecule has 2 atom stereocenters. The Bertz CT molecular complexity index is 955. The van der Waals surface area contributed by atoms with Crippen molar-refractivity contribution in [2.75, 3.05) is 31.2 Å². The van der Waals surface area contributed by atoms with Gasteiger partial charge in [0.05, 0.1) is 11.6 Å². The van der Waals surface area contributed by atoms with Crippen molar-refractivity contribution in [1.29, 1.82) is 0 Å². The molecule has 1 aromatic heterocycles. The molecule has 160 valence electrons. The Balaban J connectivity index is 1.32. The Morgan fingerprint density at radius 1 is 1.23 bits per heavy atom. The number of carbonyl (C=O) groups is 2. The zero-order valence-corrected chi connectivity index (χ0v) is 17.7. The van der Waals surface area contributed by atoms with E-state index < -0.39 is 0 Å². The van der Waals surface area contributed by atoms with Crippen molar-refractivity contribution in [2.45, 2.75) is 33.7 Å². The summed E-state index contributed by atoms with van der Waals surface area (Å²) in [5.74, 6) is 1.07. The van der Waals surface area contributed by atoms with Gasteiger partial charge in [0.15, 0.2) is 11.5 Å². The lowest BCUT2D eigenvalue weighted by atomic mass is 10.1. The van der Waals surface area contributed by atoms with Crippen molar-refractivity contribution in [3.05, 3.63) is 35.7 Å². The van der Waals surface area contributed by atoms with E-state index in [1.165, 1.54) is 0 Å². The van der Waals surface area contributed by atoms with Crippen LogP contribution in [0.2, 0.25) is 0 Å². The highest BCUT2D eigenvalue weighted by Crippen LogP contribution is 2.36. The second-order valence-electron chi connectivity index (χ2n) is 8.19. The molecule has 3 heterocycles. The number of hydrogen-bond acceptors (Lipinski definition) is 5. The van der Waals surface area contributed by atoms with Gasteiger partial charge >= 0.3 is 0 Å². The van der Waals surface area contributed by atoms with Crippen LogP contribution in [0.3, 0.4) is 0 Å². The monoisotopic (exact) mass is 412 g/mol. The number of aryl methyl sites for hydroxylation is 2. The maximum absolute atomic E-state index is 12.7. The lowest BCUT2D eigenvalue weighted by Gasteiger charge is -2.22. The van der Waals surface area contributed by atoms with Crippen molar-refractivity contribution in [3.8, 4) is 11.5 Å². The summed E-state index contributed by atoms with van der Waals surface area (Å²) in [4.78, 5) is 26.9. The van der Waals surface area contributed by atoms with E-state index in [2.05, 4.69) is 17.3 Å². The molecule has 2 aliphatic rings. The Kier molecular flexibility index (Phi) is 5.65. The van der Waals surface area contributed by atoms with Gasteiger partial charge in [-0.3, -0.25) is 14.3 Å². The van der Waals surface area contributed by atoms with Crippen LogP contribution in [-0.2, 0) is 16.1 Å². The molecule has 0 spiro atoms. The number of amides is 2. The summed E-state index contributed by atoms with van der Waals surface area (Å²) in [5.41, 5.74) is 2.84. The van der Waals surface area contributed by atoms with E-state index in [1.807, 2.05) is 42.8 Å². The summed E-state index contributed by atoms with van der Waals surface area (Å²) < 4.78 is 13.1. The van der Waals surface area contributed by atoms with Gasteiger partial charge in [0, 0.05) is 43.5 Å². The molecule has 8 nitrogen and oxygen atoms in total. The summed E-state index contributed by atoms with van der Waals surface area (Å²) in [7, 11) is 0. The standard InChI is InChI=1S/C22H28N4O4/c1-14(12-26-16(3)8-15(2)24-26)11-23-22(28)17-9-21(27)25(13-17)18-4-5-19-20(10-18)30-7-6-29-19/h4-5,8,10,14,17H,6-7,9,11-13H2,1-3H3,(H,23,28). The Labute approximate surface area is 176 Å². The second kappa shape index (κ2) is 8.38. The van der Waals surface area contributed by atoms with E-state index in [9.17, 15) is 9.59 Å². The van der Waals surface area contributed by atoms with E-state index in [1.54, 1.807) is 4.90 Å². The van der Waals surface area contributed by atoms with Crippen LogP contribution in [0.5, 0.6) is 11.5 Å². The lowest BCUT2D eigenvalue weighted by Crippen LogP contribution is -2.36. The van der Waals surface area contributed by atoms with Gasteiger partial charge in [0.2, 0.25) is 11.8 Å². The number of ether oxygens (including phenoxy) is 2. The number of aromatic nitrogens is 2. The molecule has 4 rings (SSSR count). The minimum Gasteiger partial charge on any atom is -0.486 e. The predicted molar refractivity (Wildman–Crippen MR) is 112 cm³/mol. The molecular weight excluding hydrogens is 384 g/mol. The van der Waals surface area contributed by atoms with Crippen LogP contribution in [0.4, 0.5) is 5.69 Å². The summed E-state index contributed by atoms with van der Waals surface area (Å²) in [6.45, 7) is 8.76. The molecule has 0 bridgehead atoms. The number of anilines is 1. The van der Waals surface area contributed by atoms with Crippen molar-refractivity contribution in [2.24, 2.45) is 11.8 Å². The second-order valence-corrected chi connectivity index (χ2v) is 8.19.